The van der Waals surface area contributed by atoms with Crippen molar-refractivity contribution in [1.29, 1.82) is 0 Å². The van der Waals surface area contributed by atoms with E-state index < -0.39 is 5.91 Å². The number of amides is 1. The van der Waals surface area contributed by atoms with Crippen molar-refractivity contribution < 1.29 is 23.7 Å². The highest BCUT2D eigenvalue weighted by Crippen LogP contribution is 2.38. The van der Waals surface area contributed by atoms with Gasteiger partial charge in [0.25, 0.3) is 5.91 Å². The molecule has 0 unspecified atom stereocenters. The fourth-order valence-electron chi connectivity index (χ4n) is 2.35. The van der Waals surface area contributed by atoms with Gasteiger partial charge in [-0.3, -0.25) is 10.1 Å². The van der Waals surface area contributed by atoms with E-state index in [-0.39, 0.29) is 5.11 Å². The molecule has 0 atom stereocenters. The molecular formula is C19H22N2O5S. The van der Waals surface area contributed by atoms with Crippen molar-refractivity contribution in [3.63, 3.8) is 0 Å². The van der Waals surface area contributed by atoms with Crippen molar-refractivity contribution in [3.05, 3.63) is 42.0 Å². The molecule has 0 saturated carbocycles. The summed E-state index contributed by atoms with van der Waals surface area (Å²) in [6.45, 7) is 2.51. The first-order valence-electron chi connectivity index (χ1n) is 8.17. The maximum absolute atomic E-state index is 12.5. The van der Waals surface area contributed by atoms with Crippen LogP contribution in [0.2, 0.25) is 0 Å². The van der Waals surface area contributed by atoms with Gasteiger partial charge in [0, 0.05) is 11.3 Å². The molecule has 2 N–H and O–H groups in total. The minimum Gasteiger partial charge on any atom is -0.494 e. The van der Waals surface area contributed by atoms with Crippen LogP contribution in [-0.4, -0.2) is 39.0 Å². The molecule has 7 nitrogen and oxygen atoms in total. The van der Waals surface area contributed by atoms with Crippen LogP contribution in [0, 0.1) is 0 Å². The summed E-state index contributed by atoms with van der Waals surface area (Å²) in [7, 11) is 4.46. The summed E-state index contributed by atoms with van der Waals surface area (Å²) in [5.74, 6) is 1.53. The van der Waals surface area contributed by atoms with Crippen LogP contribution in [0.1, 0.15) is 17.3 Å². The Morgan fingerprint density at radius 1 is 1.00 bits per heavy atom. The number of hydrogen-bond acceptors (Lipinski definition) is 6. The Balaban J connectivity index is 2.08. The van der Waals surface area contributed by atoms with Crippen molar-refractivity contribution in [2.75, 3.05) is 33.3 Å². The van der Waals surface area contributed by atoms with E-state index in [1.807, 2.05) is 31.2 Å². The van der Waals surface area contributed by atoms with Gasteiger partial charge >= 0.3 is 0 Å². The van der Waals surface area contributed by atoms with Gasteiger partial charge in [-0.25, -0.2) is 0 Å². The monoisotopic (exact) mass is 390 g/mol. The molecule has 27 heavy (non-hydrogen) atoms. The first-order chi connectivity index (χ1) is 13.0. The molecule has 2 rings (SSSR count). The molecule has 0 aliphatic heterocycles. The average molecular weight is 390 g/mol. The molecule has 0 fully saturated rings. The lowest BCUT2D eigenvalue weighted by molar-refractivity contribution is 0.0977. The zero-order valence-electron chi connectivity index (χ0n) is 15.6. The molecule has 0 heterocycles. The minimum absolute atomic E-state index is 0.165. The quantitative estimate of drug-likeness (QED) is 0.703. The average Bonchev–Trinajstić information content (AvgIpc) is 2.68. The second-order valence-corrected chi connectivity index (χ2v) is 5.69. The lowest BCUT2D eigenvalue weighted by Crippen LogP contribution is -2.34. The lowest BCUT2D eigenvalue weighted by Gasteiger charge is -2.14. The van der Waals surface area contributed by atoms with Crippen LogP contribution in [-0.2, 0) is 0 Å². The summed E-state index contributed by atoms with van der Waals surface area (Å²) < 4.78 is 21.1. The van der Waals surface area contributed by atoms with Gasteiger partial charge in [-0.2, -0.15) is 0 Å². The van der Waals surface area contributed by atoms with Gasteiger partial charge in [-0.1, -0.05) is 0 Å². The Labute approximate surface area is 163 Å². The van der Waals surface area contributed by atoms with Crippen LogP contribution in [0.25, 0.3) is 0 Å². The summed E-state index contributed by atoms with van der Waals surface area (Å²) in [6, 6.07) is 10.4. The predicted molar refractivity (Wildman–Crippen MR) is 107 cm³/mol. The topological polar surface area (TPSA) is 78.1 Å². The molecule has 2 aromatic rings. The van der Waals surface area contributed by atoms with E-state index in [1.165, 1.54) is 21.3 Å². The lowest BCUT2D eigenvalue weighted by atomic mass is 10.1. The van der Waals surface area contributed by atoms with E-state index in [9.17, 15) is 4.79 Å². The predicted octanol–water partition coefficient (Wildman–Crippen LogP) is 3.24. The fourth-order valence-corrected chi connectivity index (χ4v) is 2.56. The molecule has 2 aromatic carbocycles. The molecule has 0 aliphatic rings. The second-order valence-electron chi connectivity index (χ2n) is 5.28. The zero-order valence-corrected chi connectivity index (χ0v) is 16.4. The molecule has 0 saturated heterocycles. The first kappa shape index (κ1) is 20.3. The number of benzene rings is 2. The van der Waals surface area contributed by atoms with Crippen LogP contribution >= 0.6 is 12.2 Å². The molecule has 0 spiro atoms. The molecule has 0 aliphatic carbocycles. The number of carbonyl (C=O) groups is 1. The van der Waals surface area contributed by atoms with Gasteiger partial charge in [0.1, 0.15) is 5.75 Å². The van der Waals surface area contributed by atoms with Crippen molar-refractivity contribution in [2.24, 2.45) is 0 Å². The molecule has 0 radical (unpaired) electrons. The summed E-state index contributed by atoms with van der Waals surface area (Å²) in [4.78, 5) is 12.5. The van der Waals surface area contributed by atoms with Gasteiger partial charge in [-0.05, 0) is 55.5 Å². The molecule has 144 valence electrons. The maximum atomic E-state index is 12.5. The summed E-state index contributed by atoms with van der Waals surface area (Å²) in [5, 5.41) is 5.74. The number of rotatable bonds is 7. The molecule has 0 bridgehead atoms. The molecule has 8 heteroatoms. The van der Waals surface area contributed by atoms with Gasteiger partial charge in [0.05, 0.1) is 27.9 Å². The molecule has 1 amide bonds. The largest absolute Gasteiger partial charge is 0.494 e. The van der Waals surface area contributed by atoms with Crippen molar-refractivity contribution in [2.45, 2.75) is 6.92 Å². The highest BCUT2D eigenvalue weighted by Gasteiger charge is 2.17. The highest BCUT2D eigenvalue weighted by molar-refractivity contribution is 7.80. The number of anilines is 1. The number of thiocarbonyl (C=S) groups is 1. The minimum atomic E-state index is -0.405. The third-order valence-electron chi connectivity index (χ3n) is 3.58. The third-order valence-corrected chi connectivity index (χ3v) is 3.78. The van der Waals surface area contributed by atoms with Gasteiger partial charge < -0.3 is 24.3 Å². The number of carbonyl (C=O) groups excluding carboxylic acids is 1. The van der Waals surface area contributed by atoms with Crippen LogP contribution in [0.15, 0.2) is 36.4 Å². The Hall–Kier alpha value is -3.00. The van der Waals surface area contributed by atoms with E-state index in [2.05, 4.69) is 10.6 Å². The normalized spacial score (nSPS) is 9.93. The van der Waals surface area contributed by atoms with E-state index in [0.717, 1.165) is 11.4 Å². The SMILES string of the molecule is CCOc1ccc(NC(=S)NC(=O)c2cc(OC)c(OC)c(OC)c2)cc1. The number of ether oxygens (including phenoxy) is 4. The van der Waals surface area contributed by atoms with Gasteiger partial charge in [0.2, 0.25) is 5.75 Å². The second kappa shape index (κ2) is 9.63. The fraction of sp³-hybridized carbons (Fsp3) is 0.263. The standard InChI is InChI=1S/C19H22N2O5S/c1-5-26-14-8-6-13(7-9-14)20-19(27)21-18(22)12-10-15(23-2)17(25-4)16(11-12)24-3/h6-11H,5H2,1-4H3,(H2,20,21,22,27). The smallest absolute Gasteiger partial charge is 0.257 e. The van der Waals surface area contributed by atoms with E-state index in [0.29, 0.717) is 29.4 Å². The van der Waals surface area contributed by atoms with Crippen LogP contribution in [0.5, 0.6) is 23.0 Å². The Morgan fingerprint density at radius 2 is 1.59 bits per heavy atom. The maximum Gasteiger partial charge on any atom is 0.257 e. The van der Waals surface area contributed by atoms with Gasteiger partial charge in [-0.15, -0.1) is 0 Å². The summed E-state index contributed by atoms with van der Waals surface area (Å²) in [6.07, 6.45) is 0. The number of methoxy groups -OCH3 is 3. The van der Waals surface area contributed by atoms with Crippen molar-refractivity contribution in [1.82, 2.24) is 5.32 Å². The third kappa shape index (κ3) is 5.24. The van der Waals surface area contributed by atoms with Crippen LogP contribution in [0.3, 0.4) is 0 Å². The Kier molecular flexibility index (Phi) is 7.25. The van der Waals surface area contributed by atoms with Crippen LogP contribution in [0.4, 0.5) is 5.69 Å². The van der Waals surface area contributed by atoms with Crippen molar-refractivity contribution >= 4 is 28.9 Å². The van der Waals surface area contributed by atoms with Gasteiger partial charge in [0.15, 0.2) is 16.6 Å². The Bertz CT molecular complexity index is 783. The number of hydrogen-bond donors (Lipinski definition) is 2. The zero-order chi connectivity index (χ0) is 19.8. The Morgan fingerprint density at radius 3 is 2.07 bits per heavy atom. The molecular weight excluding hydrogens is 368 g/mol. The number of nitrogens with one attached hydrogen (secondary N) is 2. The molecule has 0 aromatic heterocycles. The van der Waals surface area contributed by atoms with Crippen LogP contribution < -0.4 is 29.6 Å². The van der Waals surface area contributed by atoms with E-state index in [4.69, 9.17) is 31.2 Å². The first-order valence-corrected chi connectivity index (χ1v) is 8.58. The van der Waals surface area contributed by atoms with E-state index in [1.54, 1.807) is 12.1 Å². The summed E-state index contributed by atoms with van der Waals surface area (Å²) in [5.41, 5.74) is 1.05. The highest BCUT2D eigenvalue weighted by atomic mass is 32.1. The van der Waals surface area contributed by atoms with E-state index >= 15 is 0 Å². The van der Waals surface area contributed by atoms with Crippen molar-refractivity contribution in [3.8, 4) is 23.0 Å². The summed E-state index contributed by atoms with van der Waals surface area (Å²) >= 11 is 5.21.